The highest BCUT2D eigenvalue weighted by Gasteiger charge is 2.42. The first-order valence-electron chi connectivity index (χ1n) is 11.6. The molecule has 1 spiro atoms. The molecule has 3 rings (SSSR count). The smallest absolute Gasteiger partial charge is 0.242 e. The van der Waals surface area contributed by atoms with Crippen molar-refractivity contribution in [2.24, 2.45) is 5.41 Å². The van der Waals surface area contributed by atoms with Crippen molar-refractivity contribution in [3.8, 4) is 0 Å². The number of piperidine rings is 1. The Labute approximate surface area is 186 Å². The number of rotatable bonds is 5. The summed E-state index contributed by atoms with van der Waals surface area (Å²) in [5.41, 5.74) is 2.40. The number of hydrogen-bond acceptors (Lipinski definition) is 3. The Balaban J connectivity index is 1.74. The summed E-state index contributed by atoms with van der Waals surface area (Å²) in [7, 11) is 0. The maximum Gasteiger partial charge on any atom is 0.242 e. The fraction of sp³-hybridized carbons (Fsp3) is 0.680. The van der Waals surface area contributed by atoms with Crippen molar-refractivity contribution >= 4 is 11.8 Å². The summed E-state index contributed by atoms with van der Waals surface area (Å²) < 4.78 is 14.3. The average molecular weight is 432 g/mol. The summed E-state index contributed by atoms with van der Waals surface area (Å²) in [5, 5.41) is 5.71. The number of likely N-dealkylation sites (tertiary alicyclic amines) is 1. The van der Waals surface area contributed by atoms with Crippen LogP contribution in [0.2, 0.25) is 0 Å². The van der Waals surface area contributed by atoms with Crippen LogP contribution in [-0.4, -0.2) is 42.4 Å². The second kappa shape index (κ2) is 9.27. The van der Waals surface area contributed by atoms with Gasteiger partial charge in [-0.05, 0) is 92.8 Å². The minimum atomic E-state index is -0.594. The number of carbonyl (C=O) groups excluding carboxylic acids is 2. The highest BCUT2D eigenvalue weighted by Crippen LogP contribution is 2.48. The number of benzene rings is 1. The van der Waals surface area contributed by atoms with E-state index in [1.54, 1.807) is 13.0 Å². The maximum absolute atomic E-state index is 14.3. The number of fused-ring (bicyclic) bond motifs is 2. The SMILES string of the molecule is CC(=O)N[C@H](C)C(=O)N[C@@H]1CCC2(CCN(CCC(C)(C)C)CC2)c2cc(F)ccc21. The highest BCUT2D eigenvalue weighted by atomic mass is 19.1. The van der Waals surface area contributed by atoms with Crippen LogP contribution in [0.25, 0.3) is 0 Å². The molecule has 1 saturated heterocycles. The van der Waals surface area contributed by atoms with E-state index in [1.807, 2.05) is 6.07 Å². The van der Waals surface area contributed by atoms with Crippen LogP contribution in [0.5, 0.6) is 0 Å². The number of hydrogen-bond donors (Lipinski definition) is 2. The number of halogens is 1. The Hall–Kier alpha value is -1.95. The van der Waals surface area contributed by atoms with Gasteiger partial charge in [0.25, 0.3) is 0 Å². The van der Waals surface area contributed by atoms with Crippen LogP contribution in [0, 0.1) is 11.2 Å². The van der Waals surface area contributed by atoms with Crippen molar-refractivity contribution in [1.82, 2.24) is 15.5 Å². The van der Waals surface area contributed by atoms with E-state index in [1.165, 1.54) is 19.4 Å². The summed E-state index contributed by atoms with van der Waals surface area (Å²) in [5.74, 6) is -0.652. The van der Waals surface area contributed by atoms with E-state index in [-0.39, 0.29) is 29.1 Å². The normalized spacial score (nSPS) is 21.9. The molecule has 31 heavy (non-hydrogen) atoms. The zero-order chi connectivity index (χ0) is 22.8. The van der Waals surface area contributed by atoms with Gasteiger partial charge in [0.1, 0.15) is 11.9 Å². The first-order valence-corrected chi connectivity index (χ1v) is 11.6. The molecule has 172 valence electrons. The number of amides is 2. The second-order valence-corrected chi connectivity index (χ2v) is 10.7. The van der Waals surface area contributed by atoms with Crippen LogP contribution in [0.4, 0.5) is 4.39 Å². The molecule has 0 bridgehead atoms. The fourth-order valence-corrected chi connectivity index (χ4v) is 5.04. The Bertz CT molecular complexity index is 809. The van der Waals surface area contributed by atoms with Crippen LogP contribution >= 0.6 is 0 Å². The zero-order valence-corrected chi connectivity index (χ0v) is 19.7. The van der Waals surface area contributed by atoms with Gasteiger partial charge in [-0.1, -0.05) is 26.8 Å². The minimum Gasteiger partial charge on any atom is -0.348 e. The molecule has 1 fully saturated rings. The summed E-state index contributed by atoms with van der Waals surface area (Å²) in [4.78, 5) is 26.4. The molecular weight excluding hydrogens is 393 g/mol. The molecular formula is C25H38FN3O2. The van der Waals surface area contributed by atoms with E-state index >= 15 is 0 Å². The molecule has 1 heterocycles. The van der Waals surface area contributed by atoms with E-state index < -0.39 is 6.04 Å². The summed E-state index contributed by atoms with van der Waals surface area (Å²) >= 11 is 0. The molecule has 2 N–H and O–H groups in total. The number of carbonyl (C=O) groups is 2. The lowest BCUT2D eigenvalue weighted by molar-refractivity contribution is -0.128. The van der Waals surface area contributed by atoms with Crippen LogP contribution < -0.4 is 10.6 Å². The largest absolute Gasteiger partial charge is 0.348 e. The molecule has 2 amide bonds. The lowest BCUT2D eigenvalue weighted by atomic mass is 9.63. The van der Waals surface area contributed by atoms with Crippen molar-refractivity contribution in [2.45, 2.75) is 84.2 Å². The predicted molar refractivity (Wildman–Crippen MR) is 121 cm³/mol. The quantitative estimate of drug-likeness (QED) is 0.739. The number of nitrogens with zero attached hydrogens (tertiary/aromatic N) is 1. The van der Waals surface area contributed by atoms with Crippen molar-refractivity contribution in [3.63, 3.8) is 0 Å². The van der Waals surface area contributed by atoms with Crippen LogP contribution in [-0.2, 0) is 15.0 Å². The third-order valence-corrected chi connectivity index (χ3v) is 6.99. The van der Waals surface area contributed by atoms with Gasteiger partial charge in [0.05, 0.1) is 6.04 Å². The standard InChI is InChI=1S/C25H38FN3O2/c1-17(27-18(2)30)23(31)28-22-8-9-25(21-16-19(26)6-7-20(21)22)11-14-29(15-12-25)13-10-24(3,4)5/h6-7,16-17,22H,8-15H2,1-5H3,(H,27,30)(H,28,31)/t17-,22-/m1/s1. The van der Waals surface area contributed by atoms with Crippen LogP contribution in [0.1, 0.15) is 83.9 Å². The lowest BCUT2D eigenvalue weighted by Crippen LogP contribution is -2.49. The molecule has 5 nitrogen and oxygen atoms in total. The minimum absolute atomic E-state index is 0.0137. The lowest BCUT2D eigenvalue weighted by Gasteiger charge is -2.47. The van der Waals surface area contributed by atoms with Gasteiger partial charge in [-0.15, -0.1) is 0 Å². The van der Waals surface area contributed by atoms with Gasteiger partial charge < -0.3 is 15.5 Å². The molecule has 1 aliphatic heterocycles. The monoisotopic (exact) mass is 431 g/mol. The fourth-order valence-electron chi connectivity index (χ4n) is 5.04. The molecule has 2 atom stereocenters. The molecule has 0 saturated carbocycles. The Kier molecular flexibility index (Phi) is 7.09. The van der Waals surface area contributed by atoms with Gasteiger partial charge in [-0.2, -0.15) is 0 Å². The van der Waals surface area contributed by atoms with E-state index in [9.17, 15) is 14.0 Å². The van der Waals surface area contributed by atoms with Gasteiger partial charge in [0.15, 0.2) is 0 Å². The molecule has 1 aromatic rings. The van der Waals surface area contributed by atoms with E-state index in [2.05, 4.69) is 36.3 Å². The van der Waals surface area contributed by atoms with E-state index in [0.29, 0.717) is 5.41 Å². The van der Waals surface area contributed by atoms with E-state index in [0.717, 1.165) is 56.4 Å². The third-order valence-electron chi connectivity index (χ3n) is 6.99. The maximum atomic E-state index is 14.3. The molecule has 1 aliphatic carbocycles. The van der Waals surface area contributed by atoms with Crippen molar-refractivity contribution < 1.29 is 14.0 Å². The molecule has 2 aliphatic rings. The summed E-state index contributed by atoms with van der Waals surface area (Å²) in [6.45, 7) is 13.1. The van der Waals surface area contributed by atoms with Gasteiger partial charge in [0.2, 0.25) is 11.8 Å². The first kappa shape index (κ1) is 23.7. The van der Waals surface area contributed by atoms with Gasteiger partial charge in [0, 0.05) is 6.92 Å². The number of nitrogens with one attached hydrogen (secondary N) is 2. The topological polar surface area (TPSA) is 61.4 Å². The predicted octanol–water partition coefficient (Wildman–Crippen LogP) is 4.07. The highest BCUT2D eigenvalue weighted by molar-refractivity contribution is 5.86. The Morgan fingerprint density at radius 1 is 1.23 bits per heavy atom. The molecule has 0 radical (unpaired) electrons. The molecule has 6 heteroatoms. The molecule has 1 aromatic carbocycles. The first-order chi connectivity index (χ1) is 14.5. The van der Waals surface area contributed by atoms with Crippen molar-refractivity contribution in [2.75, 3.05) is 19.6 Å². The average Bonchev–Trinajstić information content (AvgIpc) is 2.69. The second-order valence-electron chi connectivity index (χ2n) is 10.7. The Morgan fingerprint density at radius 3 is 2.52 bits per heavy atom. The van der Waals surface area contributed by atoms with Gasteiger partial charge >= 0.3 is 0 Å². The molecule has 0 unspecified atom stereocenters. The summed E-state index contributed by atoms with van der Waals surface area (Å²) in [6, 6.07) is 4.28. The van der Waals surface area contributed by atoms with Crippen molar-refractivity contribution in [1.29, 1.82) is 0 Å². The van der Waals surface area contributed by atoms with Crippen molar-refractivity contribution in [3.05, 3.63) is 35.1 Å². The van der Waals surface area contributed by atoms with E-state index in [4.69, 9.17) is 0 Å². The third kappa shape index (κ3) is 5.85. The molecule has 0 aromatic heterocycles. The van der Waals surface area contributed by atoms with Gasteiger partial charge in [-0.3, -0.25) is 9.59 Å². The summed E-state index contributed by atoms with van der Waals surface area (Å²) in [6.07, 6.45) is 4.99. The van der Waals surface area contributed by atoms with Crippen LogP contribution in [0.15, 0.2) is 18.2 Å². The van der Waals surface area contributed by atoms with Gasteiger partial charge in [-0.25, -0.2) is 4.39 Å². The van der Waals surface area contributed by atoms with Crippen LogP contribution in [0.3, 0.4) is 0 Å². The Morgan fingerprint density at radius 2 is 1.90 bits per heavy atom. The zero-order valence-electron chi connectivity index (χ0n) is 19.7.